The van der Waals surface area contributed by atoms with Crippen molar-refractivity contribution in [2.24, 2.45) is 0 Å². The van der Waals surface area contributed by atoms with Crippen molar-refractivity contribution in [1.29, 1.82) is 0 Å². The van der Waals surface area contributed by atoms with Gasteiger partial charge in [0.15, 0.2) is 0 Å². The Morgan fingerprint density at radius 3 is 2.95 bits per heavy atom. The zero-order valence-electron chi connectivity index (χ0n) is 10.9. The van der Waals surface area contributed by atoms with Crippen LogP contribution in [-0.2, 0) is 13.0 Å². The molecule has 1 aromatic heterocycles. The van der Waals surface area contributed by atoms with Gasteiger partial charge in [-0.15, -0.1) is 0 Å². The van der Waals surface area contributed by atoms with Crippen LogP contribution in [0.25, 0.3) is 0 Å². The van der Waals surface area contributed by atoms with E-state index in [1.807, 2.05) is 18.2 Å². The number of fused-ring (bicyclic) bond motifs is 1. The van der Waals surface area contributed by atoms with Crippen LogP contribution in [0.1, 0.15) is 11.1 Å². The molecule has 0 spiro atoms. The SMILES string of the molecule is COc1[c]cc2c(c1)CCN(Nc1ccncc1)C2. The molecule has 0 atom stereocenters. The van der Waals surface area contributed by atoms with Gasteiger partial charge in [-0.3, -0.25) is 4.98 Å². The molecule has 0 saturated carbocycles. The van der Waals surface area contributed by atoms with Gasteiger partial charge < -0.3 is 10.2 Å². The Morgan fingerprint density at radius 2 is 2.16 bits per heavy atom. The van der Waals surface area contributed by atoms with E-state index in [1.165, 1.54) is 11.1 Å². The predicted molar refractivity (Wildman–Crippen MR) is 73.8 cm³/mol. The fraction of sp³-hybridized carbons (Fsp3) is 0.267. The highest BCUT2D eigenvalue weighted by molar-refractivity contribution is 5.41. The summed E-state index contributed by atoms with van der Waals surface area (Å²) in [5, 5.41) is 2.21. The van der Waals surface area contributed by atoms with Crippen LogP contribution in [0.4, 0.5) is 5.69 Å². The summed E-state index contributed by atoms with van der Waals surface area (Å²) in [5.74, 6) is 0.814. The third-order valence-corrected chi connectivity index (χ3v) is 3.31. The van der Waals surface area contributed by atoms with Gasteiger partial charge in [0.2, 0.25) is 0 Å². The summed E-state index contributed by atoms with van der Waals surface area (Å²) in [6.45, 7) is 1.85. The monoisotopic (exact) mass is 254 g/mol. The second-order valence-electron chi connectivity index (χ2n) is 4.57. The molecule has 4 heteroatoms. The van der Waals surface area contributed by atoms with E-state index in [0.29, 0.717) is 0 Å². The highest BCUT2D eigenvalue weighted by Gasteiger charge is 2.16. The molecule has 19 heavy (non-hydrogen) atoms. The van der Waals surface area contributed by atoms with E-state index < -0.39 is 0 Å². The van der Waals surface area contributed by atoms with Crippen LogP contribution in [0.3, 0.4) is 0 Å². The van der Waals surface area contributed by atoms with Crippen molar-refractivity contribution in [3.63, 3.8) is 0 Å². The Morgan fingerprint density at radius 1 is 1.32 bits per heavy atom. The summed E-state index contributed by atoms with van der Waals surface area (Å²) < 4.78 is 5.21. The maximum absolute atomic E-state index is 5.21. The smallest absolute Gasteiger partial charge is 0.127 e. The maximum atomic E-state index is 5.21. The lowest BCUT2D eigenvalue weighted by Gasteiger charge is -2.29. The molecule has 1 aromatic carbocycles. The number of hydrazine groups is 1. The van der Waals surface area contributed by atoms with Gasteiger partial charge in [0.25, 0.3) is 0 Å². The quantitative estimate of drug-likeness (QED) is 0.911. The second-order valence-corrected chi connectivity index (χ2v) is 4.57. The molecule has 0 bridgehead atoms. The maximum Gasteiger partial charge on any atom is 0.127 e. The number of nitrogens with zero attached hydrogens (tertiary/aromatic N) is 2. The van der Waals surface area contributed by atoms with E-state index in [-0.39, 0.29) is 0 Å². The van der Waals surface area contributed by atoms with E-state index in [9.17, 15) is 0 Å². The molecule has 0 amide bonds. The van der Waals surface area contributed by atoms with Gasteiger partial charge in [0.1, 0.15) is 5.75 Å². The van der Waals surface area contributed by atoms with Gasteiger partial charge in [0, 0.05) is 31.5 Å². The zero-order valence-corrected chi connectivity index (χ0v) is 10.9. The summed E-state index contributed by atoms with van der Waals surface area (Å²) in [7, 11) is 1.68. The first-order chi connectivity index (χ1) is 9.35. The first kappa shape index (κ1) is 12.0. The molecule has 1 N–H and O–H groups in total. The first-order valence-corrected chi connectivity index (χ1v) is 6.34. The van der Waals surface area contributed by atoms with Crippen LogP contribution in [0.2, 0.25) is 0 Å². The Bertz CT molecular complexity index is 557. The highest BCUT2D eigenvalue weighted by atomic mass is 16.5. The van der Waals surface area contributed by atoms with E-state index in [2.05, 4.69) is 27.6 Å². The molecule has 1 aliphatic rings. The number of hydrogen-bond donors (Lipinski definition) is 1. The van der Waals surface area contributed by atoms with E-state index in [1.54, 1.807) is 19.5 Å². The van der Waals surface area contributed by atoms with Crippen LogP contribution in [-0.4, -0.2) is 23.6 Å². The second kappa shape index (κ2) is 5.28. The van der Waals surface area contributed by atoms with E-state index in [0.717, 1.165) is 30.9 Å². The molecule has 2 heterocycles. The lowest BCUT2D eigenvalue weighted by Crippen LogP contribution is -2.35. The average molecular weight is 254 g/mol. The molecule has 2 aromatic rings. The minimum atomic E-state index is 0.814. The standard InChI is InChI=1S/C15H16N3O/c1-19-15-3-2-13-11-18(9-6-12(13)10-15)17-14-4-7-16-8-5-14/h2,4-5,7-8,10H,6,9,11H2,1H3,(H,16,17). The topological polar surface area (TPSA) is 37.4 Å². The van der Waals surface area contributed by atoms with Crippen LogP contribution >= 0.6 is 0 Å². The minimum absolute atomic E-state index is 0.814. The number of rotatable bonds is 3. The number of ether oxygens (including phenoxy) is 1. The number of aromatic nitrogens is 1. The van der Waals surface area contributed by atoms with Crippen molar-refractivity contribution < 1.29 is 4.74 Å². The Kier molecular flexibility index (Phi) is 3.33. The number of hydrogen-bond acceptors (Lipinski definition) is 4. The van der Waals surface area contributed by atoms with E-state index >= 15 is 0 Å². The van der Waals surface area contributed by atoms with Crippen LogP contribution < -0.4 is 10.2 Å². The number of methoxy groups -OCH3 is 1. The Balaban J connectivity index is 1.72. The van der Waals surface area contributed by atoms with Gasteiger partial charge in [-0.2, -0.15) is 0 Å². The highest BCUT2D eigenvalue weighted by Crippen LogP contribution is 2.23. The number of nitrogens with one attached hydrogen (secondary N) is 1. The van der Waals surface area contributed by atoms with Gasteiger partial charge in [0.05, 0.1) is 12.8 Å². The lowest BCUT2D eigenvalue weighted by molar-refractivity contribution is 0.307. The molecule has 97 valence electrons. The van der Waals surface area contributed by atoms with Crippen LogP contribution in [0.15, 0.2) is 36.7 Å². The zero-order chi connectivity index (χ0) is 13.1. The number of anilines is 1. The molecule has 0 unspecified atom stereocenters. The third kappa shape index (κ3) is 2.69. The van der Waals surface area contributed by atoms with Crippen LogP contribution in [0, 0.1) is 6.07 Å². The first-order valence-electron chi connectivity index (χ1n) is 6.34. The molecule has 0 aliphatic carbocycles. The molecule has 0 fully saturated rings. The summed E-state index contributed by atoms with van der Waals surface area (Å²) in [4.78, 5) is 4.02. The average Bonchev–Trinajstić information content (AvgIpc) is 2.48. The fourth-order valence-corrected chi connectivity index (χ4v) is 2.29. The van der Waals surface area contributed by atoms with Crippen molar-refractivity contribution in [2.45, 2.75) is 13.0 Å². The van der Waals surface area contributed by atoms with Gasteiger partial charge in [-0.05, 0) is 41.8 Å². The minimum Gasteiger partial charge on any atom is -0.496 e. The summed E-state index contributed by atoms with van der Waals surface area (Å²) in [5.41, 5.74) is 7.11. The third-order valence-electron chi connectivity index (χ3n) is 3.31. The number of pyridine rings is 1. The normalized spacial score (nSPS) is 14.8. The van der Waals surface area contributed by atoms with Gasteiger partial charge in [-0.1, -0.05) is 0 Å². The van der Waals surface area contributed by atoms with Crippen LogP contribution in [0.5, 0.6) is 5.75 Å². The molecule has 1 radical (unpaired) electrons. The molecular weight excluding hydrogens is 238 g/mol. The van der Waals surface area contributed by atoms with Crippen molar-refractivity contribution in [3.8, 4) is 5.75 Å². The predicted octanol–water partition coefficient (Wildman–Crippen LogP) is 2.28. The van der Waals surface area contributed by atoms with Crippen molar-refractivity contribution in [1.82, 2.24) is 9.99 Å². The fourth-order valence-electron chi connectivity index (χ4n) is 2.29. The Labute approximate surface area is 113 Å². The molecule has 0 saturated heterocycles. The molecule has 1 aliphatic heterocycles. The largest absolute Gasteiger partial charge is 0.496 e. The molecule has 3 rings (SSSR count). The van der Waals surface area contributed by atoms with Gasteiger partial charge in [-0.25, -0.2) is 5.01 Å². The molecular formula is C15H16N3O. The van der Waals surface area contributed by atoms with Gasteiger partial charge >= 0.3 is 0 Å². The van der Waals surface area contributed by atoms with Crippen molar-refractivity contribution in [2.75, 3.05) is 19.1 Å². The summed E-state index contributed by atoms with van der Waals surface area (Å²) in [6.07, 6.45) is 4.59. The molecule has 4 nitrogen and oxygen atoms in total. The van der Waals surface area contributed by atoms with Crippen molar-refractivity contribution in [3.05, 3.63) is 53.9 Å². The van der Waals surface area contributed by atoms with Crippen molar-refractivity contribution >= 4 is 5.69 Å². The Hall–Kier alpha value is -2.07. The van der Waals surface area contributed by atoms with E-state index in [4.69, 9.17) is 4.74 Å². The lowest BCUT2D eigenvalue weighted by atomic mass is 10.0. The summed E-state index contributed by atoms with van der Waals surface area (Å²) in [6, 6.07) is 11.2. The summed E-state index contributed by atoms with van der Waals surface area (Å²) >= 11 is 0. The number of benzene rings is 1.